The van der Waals surface area contributed by atoms with Gasteiger partial charge in [0.15, 0.2) is 12.4 Å². The van der Waals surface area contributed by atoms with E-state index in [-0.39, 0.29) is 35.9 Å². The van der Waals surface area contributed by atoms with E-state index in [2.05, 4.69) is 12.2 Å². The van der Waals surface area contributed by atoms with Gasteiger partial charge in [-0.3, -0.25) is 19.2 Å². The molecule has 0 heterocycles. The van der Waals surface area contributed by atoms with Crippen molar-refractivity contribution in [3.63, 3.8) is 0 Å². The zero-order chi connectivity index (χ0) is 28.8. The molecular weight excluding hydrogens is 502 g/mol. The third-order valence-corrected chi connectivity index (χ3v) is 10.7. The molecule has 0 spiro atoms. The minimum Gasteiger partial charge on any atom is -0.480 e. The summed E-state index contributed by atoms with van der Waals surface area (Å²) in [7, 11) is 0. The fraction of sp³-hybridized carbons (Fsp3) is 0.767. The van der Waals surface area contributed by atoms with Crippen molar-refractivity contribution in [3.05, 3.63) is 11.6 Å². The van der Waals surface area contributed by atoms with Crippen molar-refractivity contribution >= 4 is 29.4 Å². The number of hydrogen-bond acceptors (Lipinski definition) is 7. The van der Waals surface area contributed by atoms with Gasteiger partial charge < -0.3 is 20.3 Å². The van der Waals surface area contributed by atoms with Gasteiger partial charge in [0.2, 0.25) is 11.7 Å². The molecule has 3 saturated carbocycles. The zero-order valence-corrected chi connectivity index (χ0v) is 23.6. The first-order valence-electron chi connectivity index (χ1n) is 14.4. The SMILES string of the molecule is CC(C)[C@@H](NC(=O)CCC(=O)OCC(=O)[C@]1(O)CC[C@H]2[C@@H]3CCC4=CC(=O)CC[C@]4(C)[C@H]3CC[C@@]21C)C(=O)O. The lowest BCUT2D eigenvalue weighted by Crippen LogP contribution is -2.58. The van der Waals surface area contributed by atoms with Crippen LogP contribution < -0.4 is 5.32 Å². The fourth-order valence-corrected chi connectivity index (χ4v) is 8.35. The average molecular weight is 546 g/mol. The molecule has 3 fully saturated rings. The molecule has 4 rings (SSSR count). The van der Waals surface area contributed by atoms with Crippen molar-refractivity contribution in [2.75, 3.05) is 6.61 Å². The molecule has 39 heavy (non-hydrogen) atoms. The van der Waals surface area contributed by atoms with Gasteiger partial charge in [-0.1, -0.05) is 33.3 Å². The van der Waals surface area contributed by atoms with Gasteiger partial charge in [0.1, 0.15) is 11.6 Å². The number of carbonyl (C=O) groups excluding carboxylic acids is 4. The van der Waals surface area contributed by atoms with Gasteiger partial charge in [-0.2, -0.15) is 0 Å². The summed E-state index contributed by atoms with van der Waals surface area (Å²) in [4.78, 5) is 61.0. The summed E-state index contributed by atoms with van der Waals surface area (Å²) >= 11 is 0. The highest BCUT2D eigenvalue weighted by Crippen LogP contribution is 2.67. The highest BCUT2D eigenvalue weighted by molar-refractivity contribution is 5.92. The lowest BCUT2D eigenvalue weighted by atomic mass is 9.46. The van der Waals surface area contributed by atoms with Crippen LogP contribution in [-0.4, -0.2) is 57.9 Å². The predicted molar refractivity (Wildman–Crippen MR) is 141 cm³/mol. The number of amides is 1. The van der Waals surface area contributed by atoms with Gasteiger partial charge in [-0.15, -0.1) is 0 Å². The smallest absolute Gasteiger partial charge is 0.326 e. The molecule has 0 radical (unpaired) electrons. The number of Topliss-reactive ketones (excluding diaryl/α,β-unsaturated/α-hetero) is 1. The van der Waals surface area contributed by atoms with Crippen molar-refractivity contribution < 1.29 is 38.9 Å². The Morgan fingerprint density at radius 1 is 1.03 bits per heavy atom. The van der Waals surface area contributed by atoms with Gasteiger partial charge in [-0.25, -0.2) is 4.79 Å². The first kappa shape index (κ1) is 29.4. The van der Waals surface area contributed by atoms with Gasteiger partial charge in [-0.05, 0) is 80.1 Å². The molecule has 4 aliphatic carbocycles. The van der Waals surface area contributed by atoms with Crippen molar-refractivity contribution in [1.29, 1.82) is 0 Å². The van der Waals surface area contributed by atoms with E-state index >= 15 is 0 Å². The van der Waals surface area contributed by atoms with Gasteiger partial charge in [0.25, 0.3) is 0 Å². The normalized spacial score (nSPS) is 36.2. The van der Waals surface area contributed by atoms with Crippen LogP contribution in [0.15, 0.2) is 11.6 Å². The van der Waals surface area contributed by atoms with Crippen molar-refractivity contribution in [1.82, 2.24) is 5.32 Å². The first-order chi connectivity index (χ1) is 18.2. The van der Waals surface area contributed by atoms with Gasteiger partial charge >= 0.3 is 11.9 Å². The Hall–Kier alpha value is -2.55. The number of carboxylic acid groups (broad SMARTS) is 1. The lowest BCUT2D eigenvalue weighted by Gasteiger charge is -2.58. The monoisotopic (exact) mass is 545 g/mol. The topological polar surface area (TPSA) is 147 Å². The Labute approximate surface area is 230 Å². The average Bonchev–Trinajstić information content (AvgIpc) is 3.16. The van der Waals surface area contributed by atoms with Crippen LogP contribution in [0.5, 0.6) is 0 Å². The minimum atomic E-state index is -1.58. The van der Waals surface area contributed by atoms with Crippen LogP contribution in [-0.2, 0) is 28.7 Å². The second-order valence-corrected chi connectivity index (χ2v) is 13.0. The molecule has 0 bridgehead atoms. The lowest BCUT2D eigenvalue weighted by molar-refractivity contribution is -0.170. The van der Waals surface area contributed by atoms with E-state index in [4.69, 9.17) is 4.74 Å². The summed E-state index contributed by atoms with van der Waals surface area (Å²) < 4.78 is 5.18. The number of aliphatic hydroxyl groups is 1. The molecule has 7 atom stereocenters. The molecule has 0 saturated heterocycles. The zero-order valence-electron chi connectivity index (χ0n) is 23.6. The van der Waals surface area contributed by atoms with Crippen LogP contribution in [0.4, 0.5) is 0 Å². The Morgan fingerprint density at radius 2 is 1.72 bits per heavy atom. The van der Waals surface area contributed by atoms with E-state index in [1.165, 1.54) is 5.57 Å². The maximum absolute atomic E-state index is 13.3. The number of nitrogens with one attached hydrogen (secondary N) is 1. The first-order valence-corrected chi connectivity index (χ1v) is 14.4. The number of hydrogen-bond donors (Lipinski definition) is 3. The van der Waals surface area contributed by atoms with E-state index in [1.807, 2.05) is 13.0 Å². The molecule has 9 heteroatoms. The van der Waals surface area contributed by atoms with Crippen LogP contribution in [0.2, 0.25) is 0 Å². The van der Waals surface area contributed by atoms with Crippen LogP contribution in [0.25, 0.3) is 0 Å². The summed E-state index contributed by atoms with van der Waals surface area (Å²) in [5, 5.41) is 23.3. The van der Waals surface area contributed by atoms with Gasteiger partial charge in [0.05, 0.1) is 6.42 Å². The third kappa shape index (κ3) is 5.19. The van der Waals surface area contributed by atoms with E-state index < -0.39 is 47.3 Å². The maximum Gasteiger partial charge on any atom is 0.326 e. The third-order valence-electron chi connectivity index (χ3n) is 10.7. The number of esters is 1. The molecule has 216 valence electrons. The van der Waals surface area contributed by atoms with Crippen LogP contribution >= 0.6 is 0 Å². The number of fused-ring (bicyclic) bond motifs is 5. The molecule has 1 amide bonds. The molecule has 0 aromatic heterocycles. The quantitative estimate of drug-likeness (QED) is 0.374. The highest BCUT2D eigenvalue weighted by Gasteiger charge is 2.66. The number of carbonyl (C=O) groups is 5. The second kappa shape index (κ2) is 10.8. The minimum absolute atomic E-state index is 0.00431. The number of allylic oxidation sites excluding steroid dienone is 1. The van der Waals surface area contributed by atoms with Crippen LogP contribution in [0.3, 0.4) is 0 Å². The highest BCUT2D eigenvalue weighted by atomic mass is 16.5. The standard InChI is InChI=1S/C30H43NO8/c1-17(2)26(27(36)37)31-24(34)7-8-25(35)39-16-23(33)30(38)14-11-22-20-6-5-18-15-19(32)9-12-28(18,3)21(20)10-13-29(22,30)4/h15,17,20-22,26,38H,5-14,16H2,1-4H3,(H,31,34)(H,36,37)/t20-,21+,22+,26-,28+,29+,30-/m1/s1. The molecular formula is C30H43NO8. The summed E-state index contributed by atoms with van der Waals surface area (Å²) in [6.07, 6.45) is 7.28. The number of ether oxygens (including phenoxy) is 1. The summed E-state index contributed by atoms with van der Waals surface area (Å²) in [5.41, 5.74) is -0.908. The van der Waals surface area contributed by atoms with E-state index in [9.17, 15) is 34.2 Å². The van der Waals surface area contributed by atoms with Crippen molar-refractivity contribution in [3.8, 4) is 0 Å². The number of rotatable bonds is 9. The number of aliphatic carboxylic acids is 1. The molecule has 0 aliphatic heterocycles. The van der Waals surface area contributed by atoms with Crippen molar-refractivity contribution in [2.24, 2.45) is 34.5 Å². The molecule has 9 nitrogen and oxygen atoms in total. The van der Waals surface area contributed by atoms with Crippen LogP contribution in [0.1, 0.15) is 91.9 Å². The summed E-state index contributed by atoms with van der Waals surface area (Å²) in [6.45, 7) is 7.10. The molecule has 0 aromatic rings. The fourth-order valence-electron chi connectivity index (χ4n) is 8.35. The number of ketones is 2. The summed E-state index contributed by atoms with van der Waals surface area (Å²) in [6, 6.07) is -1.05. The van der Waals surface area contributed by atoms with Gasteiger partial charge in [0, 0.05) is 18.3 Å². The predicted octanol–water partition coefficient (Wildman–Crippen LogP) is 3.37. The largest absolute Gasteiger partial charge is 0.480 e. The Morgan fingerprint density at radius 3 is 2.38 bits per heavy atom. The van der Waals surface area contributed by atoms with E-state index in [0.717, 1.165) is 32.1 Å². The molecule has 4 aliphatic rings. The number of carboxylic acids is 1. The molecule has 3 N–H and O–H groups in total. The van der Waals surface area contributed by atoms with Crippen molar-refractivity contribution in [2.45, 2.75) is 104 Å². The Kier molecular flexibility index (Phi) is 8.14. The molecule has 0 aromatic carbocycles. The van der Waals surface area contributed by atoms with E-state index in [1.54, 1.807) is 13.8 Å². The maximum atomic E-state index is 13.3. The Bertz CT molecular complexity index is 1080. The summed E-state index contributed by atoms with van der Waals surface area (Å²) in [5.74, 6) is -2.07. The van der Waals surface area contributed by atoms with E-state index in [0.29, 0.717) is 31.1 Å². The second-order valence-electron chi connectivity index (χ2n) is 13.0. The van der Waals surface area contributed by atoms with Crippen LogP contribution in [0, 0.1) is 34.5 Å². The molecule has 0 unspecified atom stereocenters. The Balaban J connectivity index is 1.34.